The van der Waals surface area contributed by atoms with Crippen LogP contribution in [0.4, 0.5) is 4.39 Å². The van der Waals surface area contributed by atoms with Gasteiger partial charge in [-0.25, -0.2) is 4.39 Å². The highest BCUT2D eigenvalue weighted by atomic mass is 35.5. The van der Waals surface area contributed by atoms with Crippen molar-refractivity contribution in [3.8, 4) is 0 Å². The zero-order valence-corrected chi connectivity index (χ0v) is 11.4. The van der Waals surface area contributed by atoms with Crippen molar-refractivity contribution in [3.63, 3.8) is 0 Å². The van der Waals surface area contributed by atoms with E-state index in [1.807, 2.05) is 6.07 Å². The third-order valence-electron chi connectivity index (χ3n) is 4.47. The fourth-order valence-corrected chi connectivity index (χ4v) is 3.70. The summed E-state index contributed by atoms with van der Waals surface area (Å²) in [5.41, 5.74) is 0.785. The summed E-state index contributed by atoms with van der Waals surface area (Å²) in [5.74, 6) is 2.26. The molecular formula is C15H19ClFN. The molecule has 1 aromatic rings. The molecule has 1 nitrogen and oxygen atoms in total. The van der Waals surface area contributed by atoms with Crippen LogP contribution < -0.4 is 5.32 Å². The predicted molar refractivity (Wildman–Crippen MR) is 72.1 cm³/mol. The molecule has 0 saturated heterocycles. The summed E-state index contributed by atoms with van der Waals surface area (Å²) >= 11 is 5.83. The molecule has 2 saturated carbocycles. The molecule has 3 rings (SSSR count). The molecule has 18 heavy (non-hydrogen) atoms. The summed E-state index contributed by atoms with van der Waals surface area (Å²) in [5, 5.41) is 3.93. The third-order valence-corrected chi connectivity index (χ3v) is 4.71. The van der Waals surface area contributed by atoms with Crippen molar-refractivity contribution < 1.29 is 4.39 Å². The first kappa shape index (κ1) is 12.4. The van der Waals surface area contributed by atoms with Crippen LogP contribution in [0.1, 0.15) is 37.8 Å². The van der Waals surface area contributed by atoms with Crippen LogP contribution in [0, 0.1) is 23.6 Å². The number of rotatable bonds is 4. The maximum absolute atomic E-state index is 14.1. The van der Waals surface area contributed by atoms with Crippen LogP contribution in [0.25, 0.3) is 0 Å². The van der Waals surface area contributed by atoms with Gasteiger partial charge in [0, 0.05) is 16.6 Å². The lowest BCUT2D eigenvalue weighted by atomic mass is 9.89. The van der Waals surface area contributed by atoms with Gasteiger partial charge in [0.2, 0.25) is 0 Å². The standard InChI is InChI=1S/C15H19ClFN/c1-2-18-15(11-6-9-5-10(9)7-11)13-4-3-12(16)8-14(13)17/h3-4,8-11,15,18H,2,5-7H2,1H3. The first-order valence-electron chi connectivity index (χ1n) is 6.87. The predicted octanol–water partition coefficient (Wildman–Crippen LogP) is 4.18. The number of nitrogens with one attached hydrogen (secondary N) is 1. The number of hydrogen-bond acceptors (Lipinski definition) is 1. The first-order chi connectivity index (χ1) is 8.69. The second kappa shape index (κ2) is 4.82. The smallest absolute Gasteiger partial charge is 0.129 e. The summed E-state index contributed by atoms with van der Waals surface area (Å²) in [6, 6.07) is 5.21. The minimum Gasteiger partial charge on any atom is -0.310 e. The van der Waals surface area contributed by atoms with E-state index < -0.39 is 0 Å². The number of benzene rings is 1. The van der Waals surface area contributed by atoms with E-state index >= 15 is 0 Å². The van der Waals surface area contributed by atoms with Crippen LogP contribution in [0.3, 0.4) is 0 Å². The van der Waals surface area contributed by atoms with Gasteiger partial charge < -0.3 is 5.32 Å². The highest BCUT2D eigenvalue weighted by Crippen LogP contribution is 2.57. The molecule has 2 fully saturated rings. The van der Waals surface area contributed by atoms with Crippen molar-refractivity contribution in [2.75, 3.05) is 6.54 Å². The van der Waals surface area contributed by atoms with E-state index in [1.54, 1.807) is 6.07 Å². The van der Waals surface area contributed by atoms with Crippen molar-refractivity contribution in [3.05, 3.63) is 34.6 Å². The molecule has 3 atom stereocenters. The van der Waals surface area contributed by atoms with E-state index in [2.05, 4.69) is 12.2 Å². The van der Waals surface area contributed by atoms with E-state index in [9.17, 15) is 4.39 Å². The lowest BCUT2D eigenvalue weighted by Gasteiger charge is -2.26. The second-order valence-electron chi connectivity index (χ2n) is 5.69. The van der Waals surface area contributed by atoms with Crippen molar-refractivity contribution in [1.82, 2.24) is 5.32 Å². The lowest BCUT2D eigenvalue weighted by Crippen LogP contribution is -2.28. The highest BCUT2D eigenvalue weighted by molar-refractivity contribution is 6.30. The summed E-state index contributed by atoms with van der Waals surface area (Å²) in [6.07, 6.45) is 3.91. The molecular weight excluding hydrogens is 249 g/mol. The van der Waals surface area contributed by atoms with Gasteiger partial charge in [-0.3, -0.25) is 0 Å². The van der Waals surface area contributed by atoms with Crippen molar-refractivity contribution >= 4 is 11.6 Å². The Hall–Kier alpha value is -0.600. The van der Waals surface area contributed by atoms with Crippen LogP contribution >= 0.6 is 11.6 Å². The fraction of sp³-hybridized carbons (Fsp3) is 0.600. The molecule has 2 aliphatic carbocycles. The minimum absolute atomic E-state index is 0.153. The van der Waals surface area contributed by atoms with Gasteiger partial charge in [0.15, 0.2) is 0 Å². The zero-order chi connectivity index (χ0) is 12.7. The average Bonchev–Trinajstić information content (AvgIpc) is 2.94. The molecule has 1 aromatic carbocycles. The molecule has 0 radical (unpaired) electrons. The van der Waals surface area contributed by atoms with Gasteiger partial charge in [0.05, 0.1) is 0 Å². The second-order valence-corrected chi connectivity index (χ2v) is 6.12. The Morgan fingerprint density at radius 3 is 2.67 bits per heavy atom. The Bertz CT molecular complexity index is 438. The van der Waals surface area contributed by atoms with Gasteiger partial charge in [-0.2, -0.15) is 0 Å². The quantitative estimate of drug-likeness (QED) is 0.863. The number of halogens is 2. The van der Waals surface area contributed by atoms with Crippen molar-refractivity contribution in [2.24, 2.45) is 17.8 Å². The van der Waals surface area contributed by atoms with E-state index in [4.69, 9.17) is 11.6 Å². The molecule has 0 bridgehead atoms. The van der Waals surface area contributed by atoms with Crippen molar-refractivity contribution in [1.29, 1.82) is 0 Å². The summed E-state index contributed by atoms with van der Waals surface area (Å²) < 4.78 is 14.1. The summed E-state index contributed by atoms with van der Waals surface area (Å²) in [4.78, 5) is 0. The van der Waals surface area contributed by atoms with Crippen LogP contribution in [-0.2, 0) is 0 Å². The maximum Gasteiger partial charge on any atom is 0.129 e. The maximum atomic E-state index is 14.1. The Labute approximate surface area is 113 Å². The van der Waals surface area contributed by atoms with Gasteiger partial charge >= 0.3 is 0 Å². The average molecular weight is 268 g/mol. The Kier molecular flexibility index (Phi) is 3.33. The minimum atomic E-state index is -0.172. The van der Waals surface area contributed by atoms with Gasteiger partial charge in [-0.15, -0.1) is 0 Å². The van der Waals surface area contributed by atoms with Crippen LogP contribution in [0.2, 0.25) is 5.02 Å². The fourth-order valence-electron chi connectivity index (χ4n) is 3.54. The van der Waals surface area contributed by atoms with E-state index in [0.29, 0.717) is 10.9 Å². The largest absolute Gasteiger partial charge is 0.310 e. The normalized spacial score (nSPS) is 31.2. The molecule has 2 aliphatic rings. The summed E-state index contributed by atoms with van der Waals surface area (Å²) in [6.45, 7) is 2.95. The highest BCUT2D eigenvalue weighted by Gasteiger charge is 2.48. The Morgan fingerprint density at radius 1 is 1.33 bits per heavy atom. The van der Waals surface area contributed by atoms with Gasteiger partial charge in [0.1, 0.15) is 5.82 Å². The summed E-state index contributed by atoms with van der Waals surface area (Å²) in [7, 11) is 0. The first-order valence-corrected chi connectivity index (χ1v) is 7.25. The topological polar surface area (TPSA) is 12.0 Å². The molecule has 1 N–H and O–H groups in total. The molecule has 3 heteroatoms. The monoisotopic (exact) mass is 267 g/mol. The number of fused-ring (bicyclic) bond motifs is 1. The molecule has 0 heterocycles. The molecule has 98 valence electrons. The van der Waals surface area contributed by atoms with Gasteiger partial charge in [-0.1, -0.05) is 24.6 Å². The Balaban J connectivity index is 1.83. The Morgan fingerprint density at radius 2 is 2.06 bits per heavy atom. The molecule has 0 amide bonds. The molecule has 0 spiro atoms. The van der Waals surface area contributed by atoms with Crippen LogP contribution in [-0.4, -0.2) is 6.54 Å². The van der Waals surface area contributed by atoms with E-state index in [0.717, 1.165) is 23.9 Å². The van der Waals surface area contributed by atoms with Crippen LogP contribution in [0.15, 0.2) is 18.2 Å². The van der Waals surface area contributed by atoms with Crippen LogP contribution in [0.5, 0.6) is 0 Å². The molecule has 3 unspecified atom stereocenters. The van der Waals surface area contributed by atoms with Crippen molar-refractivity contribution in [2.45, 2.75) is 32.2 Å². The SMILES string of the molecule is CCNC(c1ccc(Cl)cc1F)C1CC2CC2C1. The third kappa shape index (κ3) is 2.28. The molecule has 0 aliphatic heterocycles. The van der Waals surface area contributed by atoms with E-state index in [-0.39, 0.29) is 11.9 Å². The zero-order valence-electron chi connectivity index (χ0n) is 10.6. The van der Waals surface area contributed by atoms with Gasteiger partial charge in [0.25, 0.3) is 0 Å². The lowest BCUT2D eigenvalue weighted by molar-refractivity contribution is 0.338. The van der Waals surface area contributed by atoms with E-state index in [1.165, 1.54) is 25.3 Å². The molecule has 0 aromatic heterocycles. The van der Waals surface area contributed by atoms with Gasteiger partial charge in [-0.05, 0) is 55.7 Å². The number of hydrogen-bond donors (Lipinski definition) is 1.